The van der Waals surface area contributed by atoms with Crippen molar-refractivity contribution in [3.05, 3.63) is 59.7 Å². The average Bonchev–Trinajstić information content (AvgIpc) is 3.19. The monoisotopic (exact) mass is 398 g/mol. The Morgan fingerprint density at radius 2 is 1.76 bits per heavy atom. The lowest BCUT2D eigenvalue weighted by molar-refractivity contribution is -0.154. The molecule has 2 amide bonds. The summed E-state index contributed by atoms with van der Waals surface area (Å²) in [7, 11) is 0. The average molecular weight is 398 g/mol. The predicted molar refractivity (Wildman–Crippen MR) is 103 cm³/mol. The van der Waals surface area contributed by atoms with Gasteiger partial charge >= 0.3 is 5.97 Å². The van der Waals surface area contributed by atoms with Crippen molar-refractivity contribution in [1.29, 1.82) is 0 Å². The van der Waals surface area contributed by atoms with Crippen LogP contribution in [0.2, 0.25) is 0 Å². The Balaban J connectivity index is 1.37. The molecule has 0 bridgehead atoms. The quantitative estimate of drug-likeness (QED) is 0.650. The Morgan fingerprint density at radius 3 is 2.55 bits per heavy atom. The molecule has 1 atom stereocenters. The zero-order chi connectivity index (χ0) is 20.6. The highest BCUT2D eigenvalue weighted by Crippen LogP contribution is 2.32. The van der Waals surface area contributed by atoms with Gasteiger partial charge in [0.1, 0.15) is 6.54 Å². The summed E-state index contributed by atoms with van der Waals surface area (Å²) < 4.78 is 15.6. The summed E-state index contributed by atoms with van der Waals surface area (Å²) in [5.74, 6) is -0.129. The summed E-state index contributed by atoms with van der Waals surface area (Å²) in [4.78, 5) is 35.9. The number of benzene rings is 2. The molecule has 152 valence electrons. The normalized spacial score (nSPS) is 12.7. The van der Waals surface area contributed by atoms with E-state index in [1.54, 1.807) is 12.1 Å². The van der Waals surface area contributed by atoms with Crippen molar-refractivity contribution in [2.45, 2.75) is 26.0 Å². The van der Waals surface area contributed by atoms with E-state index in [1.807, 2.05) is 36.4 Å². The molecule has 0 aliphatic carbocycles. The second-order valence-electron chi connectivity index (χ2n) is 6.48. The van der Waals surface area contributed by atoms with Gasteiger partial charge in [0.15, 0.2) is 17.6 Å². The number of esters is 1. The number of hydrogen-bond donors (Lipinski definition) is 2. The van der Waals surface area contributed by atoms with Gasteiger partial charge in [-0.1, -0.05) is 36.4 Å². The van der Waals surface area contributed by atoms with Crippen LogP contribution in [-0.2, 0) is 32.1 Å². The smallest absolute Gasteiger partial charge is 0.326 e. The highest BCUT2D eigenvalue weighted by molar-refractivity contribution is 5.86. The lowest BCUT2D eigenvalue weighted by Crippen LogP contribution is -2.38. The van der Waals surface area contributed by atoms with E-state index in [0.717, 1.165) is 11.1 Å². The third-order valence-corrected chi connectivity index (χ3v) is 4.22. The van der Waals surface area contributed by atoms with E-state index in [4.69, 9.17) is 14.2 Å². The highest BCUT2D eigenvalue weighted by atomic mass is 16.7. The fraction of sp³-hybridized carbons (Fsp3) is 0.286. The number of carbonyl (C=O) groups is 3. The van der Waals surface area contributed by atoms with Crippen molar-refractivity contribution in [3.8, 4) is 11.5 Å². The number of carbonyl (C=O) groups excluding carboxylic acids is 3. The fourth-order valence-electron chi connectivity index (χ4n) is 2.69. The lowest BCUT2D eigenvalue weighted by Gasteiger charge is -2.14. The topological polar surface area (TPSA) is 103 Å². The van der Waals surface area contributed by atoms with Gasteiger partial charge < -0.3 is 24.8 Å². The standard InChI is InChI=1S/C21H22N2O6/c1-14(21(26)23-11-16-7-8-17-18(9-16)28-13-27-17)29-20(25)12-22-19(24)10-15-5-3-2-4-6-15/h2-9,14H,10-13H2,1H3,(H,22,24)(H,23,26)/t14-/m0/s1. The number of nitrogens with one attached hydrogen (secondary N) is 2. The second-order valence-corrected chi connectivity index (χ2v) is 6.48. The number of fused-ring (bicyclic) bond motifs is 1. The molecule has 8 nitrogen and oxygen atoms in total. The lowest BCUT2D eigenvalue weighted by atomic mass is 10.1. The summed E-state index contributed by atoms with van der Waals surface area (Å²) in [6, 6.07) is 14.5. The maximum Gasteiger partial charge on any atom is 0.326 e. The number of ether oxygens (including phenoxy) is 3. The Hall–Kier alpha value is -3.55. The van der Waals surface area contributed by atoms with Crippen LogP contribution < -0.4 is 20.1 Å². The third-order valence-electron chi connectivity index (χ3n) is 4.22. The van der Waals surface area contributed by atoms with Gasteiger partial charge in [0, 0.05) is 6.54 Å². The molecule has 0 radical (unpaired) electrons. The Labute approximate surface area is 168 Å². The molecule has 0 saturated heterocycles. The molecule has 0 spiro atoms. The van der Waals surface area contributed by atoms with Crippen molar-refractivity contribution < 1.29 is 28.6 Å². The zero-order valence-electron chi connectivity index (χ0n) is 16.0. The largest absolute Gasteiger partial charge is 0.454 e. The Kier molecular flexibility index (Phi) is 6.67. The summed E-state index contributed by atoms with van der Waals surface area (Å²) in [6.07, 6.45) is -0.817. The molecule has 1 aliphatic heterocycles. The summed E-state index contributed by atoms with van der Waals surface area (Å²) in [6.45, 7) is 1.61. The molecule has 2 N–H and O–H groups in total. The Bertz CT molecular complexity index is 884. The van der Waals surface area contributed by atoms with Crippen LogP contribution in [0.15, 0.2) is 48.5 Å². The first-order valence-corrected chi connectivity index (χ1v) is 9.17. The first-order valence-electron chi connectivity index (χ1n) is 9.17. The first kappa shape index (κ1) is 20.2. The predicted octanol–water partition coefficient (Wildman–Crippen LogP) is 1.32. The minimum Gasteiger partial charge on any atom is -0.454 e. The van der Waals surface area contributed by atoms with Crippen molar-refractivity contribution in [3.63, 3.8) is 0 Å². The summed E-state index contributed by atoms with van der Waals surface area (Å²) in [5, 5.41) is 5.18. The van der Waals surface area contributed by atoms with Crippen LogP contribution in [0.3, 0.4) is 0 Å². The van der Waals surface area contributed by atoms with Crippen LogP contribution in [0.4, 0.5) is 0 Å². The molecule has 3 rings (SSSR count). The number of amides is 2. The zero-order valence-corrected chi connectivity index (χ0v) is 16.0. The molecule has 0 aromatic heterocycles. The fourth-order valence-corrected chi connectivity index (χ4v) is 2.69. The van der Waals surface area contributed by atoms with Gasteiger partial charge in [0.2, 0.25) is 12.7 Å². The first-order chi connectivity index (χ1) is 14.0. The molecule has 29 heavy (non-hydrogen) atoms. The number of rotatable bonds is 8. The molecule has 1 aliphatic rings. The molecular weight excluding hydrogens is 376 g/mol. The van der Waals surface area contributed by atoms with Gasteiger partial charge in [-0.2, -0.15) is 0 Å². The van der Waals surface area contributed by atoms with Gasteiger partial charge in [-0.3, -0.25) is 14.4 Å². The Morgan fingerprint density at radius 1 is 1.00 bits per heavy atom. The van der Waals surface area contributed by atoms with Gasteiger partial charge in [-0.05, 0) is 30.2 Å². The maximum atomic E-state index is 12.1. The molecule has 8 heteroatoms. The van der Waals surface area contributed by atoms with Gasteiger partial charge in [-0.25, -0.2) is 0 Å². The SMILES string of the molecule is C[C@H](OC(=O)CNC(=O)Cc1ccccc1)C(=O)NCc1ccc2c(c1)OCO2. The van der Waals surface area contributed by atoms with E-state index < -0.39 is 18.0 Å². The van der Waals surface area contributed by atoms with Crippen LogP contribution >= 0.6 is 0 Å². The third kappa shape index (κ3) is 5.97. The van der Waals surface area contributed by atoms with E-state index >= 15 is 0 Å². The van der Waals surface area contributed by atoms with Crippen LogP contribution in [-0.4, -0.2) is 37.2 Å². The van der Waals surface area contributed by atoms with Crippen molar-refractivity contribution in [2.75, 3.05) is 13.3 Å². The van der Waals surface area contributed by atoms with Crippen molar-refractivity contribution in [1.82, 2.24) is 10.6 Å². The van der Waals surface area contributed by atoms with E-state index in [2.05, 4.69) is 10.6 Å². The molecule has 0 fully saturated rings. The van der Waals surface area contributed by atoms with E-state index in [0.29, 0.717) is 11.5 Å². The molecule has 2 aromatic carbocycles. The molecule has 2 aromatic rings. The second kappa shape index (κ2) is 9.59. The van der Waals surface area contributed by atoms with Gasteiger partial charge in [0.05, 0.1) is 6.42 Å². The van der Waals surface area contributed by atoms with Gasteiger partial charge in [0.25, 0.3) is 5.91 Å². The van der Waals surface area contributed by atoms with E-state index in [-0.39, 0.29) is 32.2 Å². The van der Waals surface area contributed by atoms with Crippen LogP contribution in [0, 0.1) is 0 Å². The summed E-state index contributed by atoms with van der Waals surface area (Å²) >= 11 is 0. The summed E-state index contributed by atoms with van der Waals surface area (Å²) in [5.41, 5.74) is 1.67. The van der Waals surface area contributed by atoms with E-state index in [9.17, 15) is 14.4 Å². The minimum absolute atomic E-state index is 0.166. The molecule has 0 saturated carbocycles. The van der Waals surface area contributed by atoms with Gasteiger partial charge in [-0.15, -0.1) is 0 Å². The molecule has 1 heterocycles. The highest BCUT2D eigenvalue weighted by Gasteiger charge is 2.19. The van der Waals surface area contributed by atoms with Crippen LogP contribution in [0.1, 0.15) is 18.1 Å². The van der Waals surface area contributed by atoms with E-state index in [1.165, 1.54) is 6.92 Å². The van der Waals surface area contributed by atoms with Crippen LogP contribution in [0.25, 0.3) is 0 Å². The van der Waals surface area contributed by atoms with Crippen molar-refractivity contribution in [2.24, 2.45) is 0 Å². The number of hydrogen-bond acceptors (Lipinski definition) is 6. The van der Waals surface area contributed by atoms with Crippen LogP contribution in [0.5, 0.6) is 11.5 Å². The minimum atomic E-state index is -0.984. The molecular formula is C21H22N2O6. The molecule has 0 unspecified atom stereocenters. The van der Waals surface area contributed by atoms with Crippen molar-refractivity contribution >= 4 is 17.8 Å². The maximum absolute atomic E-state index is 12.1.